The molecular weight excluding hydrogens is 465 g/mol. The van der Waals surface area contributed by atoms with Crippen LogP contribution in [0.15, 0.2) is 41.3 Å². The van der Waals surface area contributed by atoms with E-state index in [9.17, 15) is 22.4 Å². The lowest BCUT2D eigenvalue weighted by atomic mass is 10.1. The Morgan fingerprint density at radius 2 is 1.67 bits per heavy atom. The maximum atomic E-state index is 13.6. The van der Waals surface area contributed by atoms with Gasteiger partial charge in [-0.15, -0.1) is 0 Å². The van der Waals surface area contributed by atoms with Gasteiger partial charge in [0.1, 0.15) is 11.9 Å². The molecule has 0 fully saturated rings. The van der Waals surface area contributed by atoms with E-state index in [4.69, 9.17) is 0 Å². The van der Waals surface area contributed by atoms with Crippen molar-refractivity contribution in [2.24, 2.45) is 0 Å². The molecule has 0 aliphatic carbocycles. The number of carbonyl (C=O) groups excluding carboxylic acids is 2. The summed E-state index contributed by atoms with van der Waals surface area (Å²) >= 11 is 1.50. The number of rotatable bonds is 11. The topological polar surface area (TPSA) is 104 Å². The molecule has 0 saturated heterocycles. The zero-order valence-electron chi connectivity index (χ0n) is 19.2. The van der Waals surface area contributed by atoms with Crippen molar-refractivity contribution in [1.82, 2.24) is 15.4 Å². The molecule has 10 heteroatoms. The molecule has 2 amide bonds. The summed E-state index contributed by atoms with van der Waals surface area (Å²) in [5.41, 5.74) is 2.02. The molecule has 2 aromatic carbocycles. The number of carbonyl (C=O) groups is 2. The van der Waals surface area contributed by atoms with Gasteiger partial charge in [0.15, 0.2) is 0 Å². The van der Waals surface area contributed by atoms with Gasteiger partial charge in [0, 0.05) is 18.7 Å². The van der Waals surface area contributed by atoms with E-state index in [0.29, 0.717) is 23.3 Å². The van der Waals surface area contributed by atoms with Crippen LogP contribution in [0.1, 0.15) is 33.5 Å². The molecule has 7 nitrogen and oxygen atoms in total. The average Bonchev–Trinajstić information content (AvgIpc) is 2.77. The van der Waals surface area contributed by atoms with Crippen LogP contribution in [0, 0.1) is 26.6 Å². The number of halogens is 1. The molecule has 180 valence electrons. The van der Waals surface area contributed by atoms with Crippen LogP contribution in [0.4, 0.5) is 4.39 Å². The lowest BCUT2D eigenvalue weighted by Gasteiger charge is -2.19. The van der Waals surface area contributed by atoms with Crippen molar-refractivity contribution in [3.63, 3.8) is 0 Å². The Morgan fingerprint density at radius 1 is 1.00 bits per heavy atom. The van der Waals surface area contributed by atoms with Crippen LogP contribution in [0.5, 0.6) is 0 Å². The smallest absolute Gasteiger partial charge is 0.251 e. The van der Waals surface area contributed by atoms with Crippen molar-refractivity contribution >= 4 is 33.6 Å². The first-order valence-corrected chi connectivity index (χ1v) is 13.3. The zero-order valence-corrected chi connectivity index (χ0v) is 20.8. The number of amides is 2. The molecule has 2 rings (SSSR count). The van der Waals surface area contributed by atoms with Crippen molar-refractivity contribution in [3.05, 3.63) is 64.5 Å². The highest BCUT2D eigenvalue weighted by atomic mass is 32.2. The predicted molar refractivity (Wildman–Crippen MR) is 130 cm³/mol. The Balaban J connectivity index is 1.97. The van der Waals surface area contributed by atoms with Gasteiger partial charge in [0.2, 0.25) is 15.9 Å². The summed E-state index contributed by atoms with van der Waals surface area (Å²) in [7, 11) is -3.90. The molecule has 2 aromatic rings. The van der Waals surface area contributed by atoms with Crippen LogP contribution < -0.4 is 15.4 Å². The number of hydrogen-bond acceptors (Lipinski definition) is 5. The largest absolute Gasteiger partial charge is 0.353 e. The lowest BCUT2D eigenvalue weighted by Crippen LogP contribution is -2.48. The van der Waals surface area contributed by atoms with E-state index in [2.05, 4.69) is 15.4 Å². The molecule has 1 unspecified atom stereocenters. The standard InChI is InChI=1S/C23H30FN3O4S2/c1-15-5-6-17(3)21(13-15)33(30,31)27-20(9-12-32-4)23(29)26-11-10-25-22(28)18-8-7-16(2)19(24)14-18/h5-8,13-14,20,27H,9-12H2,1-4H3,(H,25,28)(H,26,29). The van der Waals surface area contributed by atoms with Gasteiger partial charge in [0.05, 0.1) is 4.90 Å². The Kier molecular flexibility index (Phi) is 9.87. The lowest BCUT2D eigenvalue weighted by molar-refractivity contribution is -0.122. The number of sulfonamides is 1. The van der Waals surface area contributed by atoms with E-state index in [0.717, 1.165) is 11.6 Å². The van der Waals surface area contributed by atoms with Crippen LogP contribution >= 0.6 is 11.8 Å². The van der Waals surface area contributed by atoms with Gasteiger partial charge < -0.3 is 10.6 Å². The van der Waals surface area contributed by atoms with Crippen molar-refractivity contribution in [2.45, 2.75) is 38.1 Å². The van der Waals surface area contributed by atoms with Crippen molar-refractivity contribution in [2.75, 3.05) is 25.1 Å². The zero-order chi connectivity index (χ0) is 24.6. The van der Waals surface area contributed by atoms with Crippen molar-refractivity contribution in [1.29, 1.82) is 0 Å². The van der Waals surface area contributed by atoms with Crippen LogP contribution in [0.2, 0.25) is 0 Å². The van der Waals surface area contributed by atoms with E-state index in [1.54, 1.807) is 32.9 Å². The molecular formula is C23H30FN3O4S2. The van der Waals surface area contributed by atoms with E-state index >= 15 is 0 Å². The fourth-order valence-electron chi connectivity index (χ4n) is 3.05. The van der Waals surface area contributed by atoms with E-state index in [1.165, 1.54) is 23.9 Å². The Hall–Kier alpha value is -2.43. The summed E-state index contributed by atoms with van der Waals surface area (Å²) in [6.45, 7) is 5.32. The van der Waals surface area contributed by atoms with Crippen LogP contribution in [0.25, 0.3) is 0 Å². The summed E-state index contributed by atoms with van der Waals surface area (Å²) in [5, 5.41) is 5.26. The van der Waals surface area contributed by atoms with Gasteiger partial charge in [-0.25, -0.2) is 12.8 Å². The maximum absolute atomic E-state index is 13.6. The SMILES string of the molecule is CSCCC(NS(=O)(=O)c1cc(C)ccc1C)C(=O)NCCNC(=O)c1ccc(C)c(F)c1. The highest BCUT2D eigenvalue weighted by Crippen LogP contribution is 2.18. The fourth-order valence-corrected chi connectivity index (χ4v) is 5.08. The number of nitrogens with one attached hydrogen (secondary N) is 3. The molecule has 0 heterocycles. The van der Waals surface area contributed by atoms with Gasteiger partial charge >= 0.3 is 0 Å². The first-order valence-electron chi connectivity index (χ1n) is 10.5. The molecule has 0 bridgehead atoms. The van der Waals surface area contributed by atoms with Gasteiger partial charge in [-0.1, -0.05) is 18.2 Å². The van der Waals surface area contributed by atoms with E-state index in [1.807, 2.05) is 12.3 Å². The monoisotopic (exact) mass is 495 g/mol. The Labute approximate surface area is 199 Å². The molecule has 0 aliphatic rings. The number of benzene rings is 2. The molecule has 3 N–H and O–H groups in total. The third-order valence-corrected chi connectivity index (χ3v) is 7.26. The molecule has 0 saturated carbocycles. The summed E-state index contributed by atoms with van der Waals surface area (Å²) in [5.74, 6) is -0.821. The van der Waals surface area contributed by atoms with Crippen LogP contribution in [-0.2, 0) is 14.8 Å². The van der Waals surface area contributed by atoms with Crippen LogP contribution in [-0.4, -0.2) is 51.4 Å². The number of thioether (sulfide) groups is 1. The average molecular weight is 496 g/mol. The van der Waals surface area contributed by atoms with E-state index < -0.39 is 33.7 Å². The third kappa shape index (κ3) is 7.83. The van der Waals surface area contributed by atoms with Crippen molar-refractivity contribution < 1.29 is 22.4 Å². The fraction of sp³-hybridized carbons (Fsp3) is 0.391. The van der Waals surface area contributed by atoms with Gasteiger partial charge in [-0.3, -0.25) is 9.59 Å². The maximum Gasteiger partial charge on any atom is 0.251 e. The van der Waals surface area contributed by atoms with Gasteiger partial charge in [-0.2, -0.15) is 16.5 Å². The molecule has 0 spiro atoms. The molecule has 0 aromatic heterocycles. The molecule has 1 atom stereocenters. The first-order chi connectivity index (χ1) is 15.5. The first kappa shape index (κ1) is 26.8. The minimum atomic E-state index is -3.90. The second-order valence-electron chi connectivity index (χ2n) is 7.74. The van der Waals surface area contributed by atoms with Crippen LogP contribution in [0.3, 0.4) is 0 Å². The van der Waals surface area contributed by atoms with Gasteiger partial charge in [0.25, 0.3) is 5.91 Å². The summed E-state index contributed by atoms with van der Waals surface area (Å²) < 4.78 is 42.0. The number of aryl methyl sites for hydroxylation is 3. The molecule has 0 radical (unpaired) electrons. The summed E-state index contributed by atoms with van der Waals surface area (Å²) in [6, 6.07) is 8.37. The Morgan fingerprint density at radius 3 is 2.33 bits per heavy atom. The summed E-state index contributed by atoms with van der Waals surface area (Å²) in [4.78, 5) is 25.0. The van der Waals surface area contributed by atoms with Crippen molar-refractivity contribution in [3.8, 4) is 0 Å². The minimum Gasteiger partial charge on any atom is -0.353 e. The molecule has 33 heavy (non-hydrogen) atoms. The predicted octanol–water partition coefficient (Wildman–Crippen LogP) is 2.70. The minimum absolute atomic E-state index is 0.0971. The highest BCUT2D eigenvalue weighted by molar-refractivity contribution is 7.98. The Bertz CT molecular complexity index is 1110. The normalized spacial score (nSPS) is 12.3. The van der Waals surface area contributed by atoms with Gasteiger partial charge in [-0.05, 0) is 74.1 Å². The van der Waals surface area contributed by atoms with E-state index in [-0.39, 0.29) is 23.5 Å². The second-order valence-corrected chi connectivity index (χ2v) is 10.4. The second kappa shape index (κ2) is 12.2. The quantitative estimate of drug-likeness (QED) is 0.416. The summed E-state index contributed by atoms with van der Waals surface area (Å²) in [6.07, 6.45) is 2.18. The third-order valence-electron chi connectivity index (χ3n) is 5.00. The molecule has 0 aliphatic heterocycles. The number of hydrogen-bond donors (Lipinski definition) is 3. The highest BCUT2D eigenvalue weighted by Gasteiger charge is 2.26.